The summed E-state index contributed by atoms with van der Waals surface area (Å²) in [5.74, 6) is 0.604. The first-order valence-electron chi connectivity index (χ1n) is 8.66. The number of ether oxygens (including phenoxy) is 1. The second-order valence-corrected chi connectivity index (χ2v) is 6.35. The van der Waals surface area contributed by atoms with E-state index in [9.17, 15) is 9.59 Å². The van der Waals surface area contributed by atoms with Gasteiger partial charge in [-0.05, 0) is 17.7 Å². The molecule has 0 unspecified atom stereocenters. The van der Waals surface area contributed by atoms with Crippen molar-refractivity contribution in [2.75, 3.05) is 37.7 Å². The number of nitrogens with one attached hydrogen (secondary N) is 1. The summed E-state index contributed by atoms with van der Waals surface area (Å²) in [5, 5.41) is 3.44. The number of hydrogen-bond donors (Lipinski definition) is 1. The fraction of sp³-hybridized carbons (Fsp3) is 0.316. The molecular weight excluding hydrogens is 332 g/mol. The minimum absolute atomic E-state index is 0.0201. The molecule has 26 heavy (non-hydrogen) atoms. The summed E-state index contributed by atoms with van der Waals surface area (Å²) in [6.45, 7) is 1.83. The van der Waals surface area contributed by atoms with Crippen LogP contribution in [-0.4, -0.2) is 54.5 Å². The number of fused-ring (bicyclic) bond motifs is 1. The fourth-order valence-electron chi connectivity index (χ4n) is 3.32. The predicted octanol–water partition coefficient (Wildman–Crippen LogP) is 0.980. The fourth-order valence-corrected chi connectivity index (χ4v) is 3.32. The highest BCUT2D eigenvalue weighted by atomic mass is 16.5. The van der Waals surface area contributed by atoms with E-state index in [-0.39, 0.29) is 31.0 Å². The van der Waals surface area contributed by atoms with Gasteiger partial charge in [0, 0.05) is 31.9 Å². The normalized spacial score (nSPS) is 19.7. The van der Waals surface area contributed by atoms with E-state index in [1.54, 1.807) is 23.2 Å². The van der Waals surface area contributed by atoms with E-state index in [2.05, 4.69) is 22.4 Å². The van der Waals surface area contributed by atoms with Crippen LogP contribution in [0.4, 0.5) is 5.82 Å². The second-order valence-electron chi connectivity index (χ2n) is 6.35. The van der Waals surface area contributed by atoms with Crippen molar-refractivity contribution >= 4 is 17.6 Å². The molecule has 134 valence electrons. The molecule has 7 nitrogen and oxygen atoms in total. The Balaban J connectivity index is 1.47. The number of nitrogens with zero attached hydrogens (tertiary/aromatic N) is 3. The standard InChI is InChI=1S/C19H20N4O3/c24-17(12-23-18(25)13-26-16-7-4-8-21-19(16)23)22-10-9-20-15(11-22)14-5-2-1-3-6-14/h1-8,15,20H,9-13H2/t15-/m0/s1. The van der Waals surface area contributed by atoms with Crippen LogP contribution in [0.25, 0.3) is 0 Å². The van der Waals surface area contributed by atoms with E-state index in [1.807, 2.05) is 18.2 Å². The van der Waals surface area contributed by atoms with Gasteiger partial charge < -0.3 is 15.0 Å². The van der Waals surface area contributed by atoms with Crippen molar-refractivity contribution in [2.24, 2.45) is 0 Å². The molecule has 0 aliphatic carbocycles. The predicted molar refractivity (Wildman–Crippen MR) is 95.9 cm³/mol. The third-order valence-corrected chi connectivity index (χ3v) is 4.68. The van der Waals surface area contributed by atoms with Crippen molar-refractivity contribution in [3.63, 3.8) is 0 Å². The first-order chi connectivity index (χ1) is 12.7. The average molecular weight is 352 g/mol. The zero-order valence-electron chi connectivity index (χ0n) is 14.3. The lowest BCUT2D eigenvalue weighted by Gasteiger charge is -2.36. The zero-order valence-corrected chi connectivity index (χ0v) is 14.3. The Kier molecular flexibility index (Phi) is 4.53. The molecule has 2 aliphatic rings. The summed E-state index contributed by atoms with van der Waals surface area (Å²) >= 11 is 0. The first-order valence-corrected chi connectivity index (χ1v) is 8.66. The van der Waals surface area contributed by atoms with Crippen molar-refractivity contribution < 1.29 is 14.3 Å². The summed E-state index contributed by atoms with van der Waals surface area (Å²) < 4.78 is 5.38. The van der Waals surface area contributed by atoms with Gasteiger partial charge in [-0.3, -0.25) is 14.5 Å². The van der Waals surface area contributed by atoms with Crippen molar-refractivity contribution in [1.82, 2.24) is 15.2 Å². The molecule has 2 aromatic rings. The summed E-state index contributed by atoms with van der Waals surface area (Å²) in [7, 11) is 0. The van der Waals surface area contributed by atoms with Crippen LogP contribution in [0.1, 0.15) is 11.6 Å². The largest absolute Gasteiger partial charge is 0.480 e. The van der Waals surface area contributed by atoms with Crippen molar-refractivity contribution in [3.05, 3.63) is 54.2 Å². The van der Waals surface area contributed by atoms with E-state index in [0.29, 0.717) is 24.7 Å². The number of carbonyl (C=O) groups excluding carboxylic acids is 2. The van der Waals surface area contributed by atoms with E-state index >= 15 is 0 Å². The number of benzene rings is 1. The minimum Gasteiger partial charge on any atom is -0.480 e. The Morgan fingerprint density at radius 3 is 2.92 bits per heavy atom. The molecular formula is C19H20N4O3. The van der Waals surface area contributed by atoms with Gasteiger partial charge in [-0.15, -0.1) is 0 Å². The maximum atomic E-state index is 12.8. The number of amides is 2. The number of hydrogen-bond acceptors (Lipinski definition) is 5. The van der Waals surface area contributed by atoms with Crippen LogP contribution in [0, 0.1) is 0 Å². The van der Waals surface area contributed by atoms with Gasteiger partial charge in [0.15, 0.2) is 18.2 Å². The smallest absolute Gasteiger partial charge is 0.266 e. The molecule has 1 atom stereocenters. The zero-order chi connectivity index (χ0) is 17.9. The number of carbonyl (C=O) groups is 2. The molecule has 1 saturated heterocycles. The SMILES string of the molecule is O=C(CN1C(=O)COc2cccnc21)N1CCN[C@H](c2ccccc2)C1. The highest BCUT2D eigenvalue weighted by molar-refractivity contribution is 6.01. The molecule has 1 N–H and O–H groups in total. The Bertz CT molecular complexity index is 811. The second kappa shape index (κ2) is 7.13. The molecule has 0 radical (unpaired) electrons. The molecule has 7 heteroatoms. The average Bonchev–Trinajstić information content (AvgIpc) is 2.71. The number of piperazine rings is 1. The minimum atomic E-state index is -0.251. The van der Waals surface area contributed by atoms with Crippen molar-refractivity contribution in [3.8, 4) is 5.75 Å². The molecule has 1 fully saturated rings. The highest BCUT2D eigenvalue weighted by Gasteiger charge is 2.31. The van der Waals surface area contributed by atoms with Crippen molar-refractivity contribution in [2.45, 2.75) is 6.04 Å². The topological polar surface area (TPSA) is 74.8 Å². The molecule has 2 aliphatic heterocycles. The Morgan fingerprint density at radius 1 is 1.23 bits per heavy atom. The number of anilines is 1. The van der Waals surface area contributed by atoms with Gasteiger partial charge in [-0.1, -0.05) is 30.3 Å². The van der Waals surface area contributed by atoms with E-state index in [4.69, 9.17) is 4.74 Å². The monoisotopic (exact) mass is 352 g/mol. The third kappa shape index (κ3) is 3.25. The van der Waals surface area contributed by atoms with Crippen LogP contribution in [0.3, 0.4) is 0 Å². The summed E-state index contributed by atoms with van der Waals surface area (Å²) in [4.78, 5) is 32.5. The van der Waals surface area contributed by atoms with Crippen molar-refractivity contribution in [1.29, 1.82) is 0 Å². The quantitative estimate of drug-likeness (QED) is 0.891. The highest BCUT2D eigenvalue weighted by Crippen LogP contribution is 2.29. The van der Waals surface area contributed by atoms with Gasteiger partial charge in [-0.25, -0.2) is 4.98 Å². The van der Waals surface area contributed by atoms with Gasteiger partial charge in [0.2, 0.25) is 5.91 Å². The lowest BCUT2D eigenvalue weighted by Crippen LogP contribution is -2.52. The molecule has 0 bridgehead atoms. The lowest BCUT2D eigenvalue weighted by molar-refractivity contribution is -0.133. The maximum absolute atomic E-state index is 12.8. The molecule has 1 aromatic carbocycles. The van der Waals surface area contributed by atoms with Gasteiger partial charge in [0.25, 0.3) is 5.91 Å². The van der Waals surface area contributed by atoms with Gasteiger partial charge in [0.1, 0.15) is 6.54 Å². The molecule has 3 heterocycles. The van der Waals surface area contributed by atoms with Crippen LogP contribution in [0.2, 0.25) is 0 Å². The first kappa shape index (κ1) is 16.5. The van der Waals surface area contributed by atoms with E-state index in [0.717, 1.165) is 12.1 Å². The molecule has 0 spiro atoms. The van der Waals surface area contributed by atoms with Gasteiger partial charge >= 0.3 is 0 Å². The molecule has 2 amide bonds. The van der Waals surface area contributed by atoms with E-state index < -0.39 is 0 Å². The van der Waals surface area contributed by atoms with E-state index in [1.165, 1.54) is 4.90 Å². The van der Waals surface area contributed by atoms with Crippen LogP contribution in [-0.2, 0) is 9.59 Å². The molecule has 0 saturated carbocycles. The number of rotatable bonds is 3. The summed E-state index contributed by atoms with van der Waals surface area (Å²) in [6.07, 6.45) is 1.59. The lowest BCUT2D eigenvalue weighted by atomic mass is 10.0. The Morgan fingerprint density at radius 2 is 2.08 bits per heavy atom. The van der Waals surface area contributed by atoms with Crippen LogP contribution in [0.15, 0.2) is 48.7 Å². The molecule has 4 rings (SSSR count). The Hall–Kier alpha value is -2.93. The summed E-state index contributed by atoms with van der Waals surface area (Å²) in [5.41, 5.74) is 1.15. The number of aromatic nitrogens is 1. The third-order valence-electron chi connectivity index (χ3n) is 4.68. The van der Waals surface area contributed by atoms with Crippen LogP contribution in [0.5, 0.6) is 5.75 Å². The van der Waals surface area contributed by atoms with Gasteiger partial charge in [0.05, 0.1) is 0 Å². The Labute approximate surface area is 151 Å². The molecule has 1 aromatic heterocycles. The maximum Gasteiger partial charge on any atom is 0.266 e. The van der Waals surface area contributed by atoms with Gasteiger partial charge in [-0.2, -0.15) is 0 Å². The van der Waals surface area contributed by atoms with Crippen LogP contribution < -0.4 is 15.0 Å². The number of pyridine rings is 1. The summed E-state index contributed by atoms with van der Waals surface area (Å²) in [6, 6.07) is 13.7. The van der Waals surface area contributed by atoms with Crippen LogP contribution >= 0.6 is 0 Å².